The Morgan fingerprint density at radius 2 is 1.81 bits per heavy atom. The first kappa shape index (κ1) is 17.7. The van der Waals surface area contributed by atoms with Gasteiger partial charge in [0.05, 0.1) is 22.3 Å². The van der Waals surface area contributed by atoms with Crippen LogP contribution in [0.1, 0.15) is 16.1 Å². The lowest BCUT2D eigenvalue weighted by Gasteiger charge is -2.09. The first-order valence-electron chi connectivity index (χ1n) is 7.41. The Bertz CT molecular complexity index is 999. The molecule has 0 spiro atoms. The number of aromatic nitrogens is 2. The molecule has 0 fully saturated rings. The highest BCUT2D eigenvalue weighted by atomic mass is 35.5. The van der Waals surface area contributed by atoms with E-state index in [-0.39, 0.29) is 5.69 Å². The number of nitrogens with one attached hydrogen (secondary N) is 2. The average molecular weight is 384 g/mol. The Morgan fingerprint density at radius 1 is 1.04 bits per heavy atom. The van der Waals surface area contributed by atoms with E-state index in [2.05, 4.69) is 20.6 Å². The molecule has 1 amide bonds. The van der Waals surface area contributed by atoms with Gasteiger partial charge in [0.25, 0.3) is 5.91 Å². The fraction of sp³-hybridized carbons (Fsp3) is 0. The summed E-state index contributed by atoms with van der Waals surface area (Å²) in [5, 5.41) is 15.4. The zero-order valence-corrected chi connectivity index (χ0v) is 14.7. The van der Waals surface area contributed by atoms with Crippen LogP contribution in [0.25, 0.3) is 0 Å². The number of halogens is 2. The Balaban J connectivity index is 1.76. The molecule has 0 bridgehead atoms. The summed E-state index contributed by atoms with van der Waals surface area (Å²) in [7, 11) is 0. The summed E-state index contributed by atoms with van der Waals surface area (Å²) in [6, 6.07) is 15.2. The van der Waals surface area contributed by atoms with Crippen LogP contribution in [-0.2, 0) is 0 Å². The highest BCUT2D eigenvalue weighted by molar-refractivity contribution is 6.35. The molecule has 0 radical (unpaired) electrons. The van der Waals surface area contributed by atoms with Gasteiger partial charge in [-0.25, -0.2) is 9.97 Å². The van der Waals surface area contributed by atoms with E-state index in [9.17, 15) is 4.79 Å². The third-order valence-corrected chi connectivity index (χ3v) is 3.93. The molecule has 0 saturated carbocycles. The zero-order valence-electron chi connectivity index (χ0n) is 13.2. The highest BCUT2D eigenvalue weighted by Gasteiger charge is 2.12. The molecule has 0 unspecified atom stereocenters. The van der Waals surface area contributed by atoms with Gasteiger partial charge in [-0.3, -0.25) is 4.79 Å². The van der Waals surface area contributed by atoms with Gasteiger partial charge in [-0.05, 0) is 42.5 Å². The molecular weight excluding hydrogens is 373 g/mol. The first-order chi connectivity index (χ1) is 12.5. The molecule has 8 heteroatoms. The van der Waals surface area contributed by atoms with Gasteiger partial charge < -0.3 is 10.6 Å². The van der Waals surface area contributed by atoms with Gasteiger partial charge in [0.1, 0.15) is 17.8 Å². The number of benzene rings is 2. The standard InChI is InChI=1S/C18H11Cl2N5O/c19-12-3-6-14(20)15(7-12)25-18(26)16-8-17(23-10-22-16)24-13-4-1-11(9-21)2-5-13/h1-8,10H,(H,25,26)(H,22,23,24). The number of hydrogen-bond acceptors (Lipinski definition) is 5. The quantitative estimate of drug-likeness (QED) is 0.683. The van der Waals surface area contributed by atoms with E-state index in [0.717, 1.165) is 5.69 Å². The number of carbonyl (C=O) groups excluding carboxylic acids is 1. The minimum atomic E-state index is -0.445. The predicted octanol–water partition coefficient (Wildman–Crippen LogP) is 4.65. The smallest absolute Gasteiger partial charge is 0.274 e. The van der Waals surface area contributed by atoms with E-state index < -0.39 is 5.91 Å². The van der Waals surface area contributed by atoms with Crippen molar-refractivity contribution in [3.05, 3.63) is 76.2 Å². The molecule has 128 valence electrons. The van der Waals surface area contributed by atoms with Crippen LogP contribution in [0.15, 0.2) is 54.9 Å². The summed E-state index contributed by atoms with van der Waals surface area (Å²) in [5.74, 6) is -0.00788. The molecule has 3 rings (SSSR count). The van der Waals surface area contributed by atoms with Crippen LogP contribution >= 0.6 is 23.2 Å². The van der Waals surface area contributed by atoms with Gasteiger partial charge in [0.15, 0.2) is 0 Å². The number of anilines is 3. The lowest BCUT2D eigenvalue weighted by atomic mass is 10.2. The third-order valence-electron chi connectivity index (χ3n) is 3.36. The van der Waals surface area contributed by atoms with E-state index in [1.54, 1.807) is 42.5 Å². The molecule has 1 heterocycles. The van der Waals surface area contributed by atoms with Gasteiger partial charge in [-0.1, -0.05) is 23.2 Å². The maximum Gasteiger partial charge on any atom is 0.274 e. The number of nitriles is 1. The number of rotatable bonds is 4. The van der Waals surface area contributed by atoms with Crippen molar-refractivity contribution in [3.8, 4) is 6.07 Å². The van der Waals surface area contributed by atoms with Crippen molar-refractivity contribution in [1.82, 2.24) is 9.97 Å². The molecule has 2 aromatic carbocycles. The summed E-state index contributed by atoms with van der Waals surface area (Å²) in [5.41, 5.74) is 1.83. The average Bonchev–Trinajstić information content (AvgIpc) is 2.65. The molecule has 1 aromatic heterocycles. The Kier molecular flexibility index (Phi) is 5.32. The molecular formula is C18H11Cl2N5O. The maximum absolute atomic E-state index is 12.4. The Morgan fingerprint density at radius 3 is 2.54 bits per heavy atom. The first-order valence-corrected chi connectivity index (χ1v) is 8.16. The number of nitrogens with zero attached hydrogens (tertiary/aromatic N) is 3. The van der Waals surface area contributed by atoms with Gasteiger partial charge in [0, 0.05) is 16.8 Å². The number of hydrogen-bond donors (Lipinski definition) is 2. The normalized spacial score (nSPS) is 10.0. The van der Waals surface area contributed by atoms with E-state index in [1.807, 2.05) is 6.07 Å². The minimum Gasteiger partial charge on any atom is -0.340 e. The van der Waals surface area contributed by atoms with E-state index in [1.165, 1.54) is 12.4 Å². The van der Waals surface area contributed by atoms with E-state index >= 15 is 0 Å². The maximum atomic E-state index is 12.4. The van der Waals surface area contributed by atoms with Crippen LogP contribution in [0.2, 0.25) is 10.0 Å². The van der Waals surface area contributed by atoms with Crippen LogP contribution in [-0.4, -0.2) is 15.9 Å². The number of carbonyl (C=O) groups is 1. The molecule has 0 saturated heterocycles. The lowest BCUT2D eigenvalue weighted by Crippen LogP contribution is -2.14. The van der Waals surface area contributed by atoms with Crippen molar-refractivity contribution in [3.63, 3.8) is 0 Å². The molecule has 26 heavy (non-hydrogen) atoms. The van der Waals surface area contributed by atoms with Gasteiger partial charge in [-0.15, -0.1) is 0 Å². The van der Waals surface area contributed by atoms with Crippen molar-refractivity contribution in [2.45, 2.75) is 0 Å². The molecule has 0 aliphatic heterocycles. The molecule has 0 aliphatic carbocycles. The van der Waals surface area contributed by atoms with Crippen molar-refractivity contribution in [2.24, 2.45) is 0 Å². The van der Waals surface area contributed by atoms with Crippen LogP contribution in [0, 0.1) is 11.3 Å². The molecule has 0 aliphatic rings. The lowest BCUT2D eigenvalue weighted by molar-refractivity contribution is 0.102. The van der Waals surface area contributed by atoms with Crippen molar-refractivity contribution in [1.29, 1.82) is 5.26 Å². The summed E-state index contributed by atoms with van der Waals surface area (Å²) in [4.78, 5) is 20.5. The van der Waals surface area contributed by atoms with Crippen LogP contribution in [0.5, 0.6) is 0 Å². The largest absolute Gasteiger partial charge is 0.340 e. The van der Waals surface area contributed by atoms with Crippen molar-refractivity contribution < 1.29 is 4.79 Å². The summed E-state index contributed by atoms with van der Waals surface area (Å²) in [6.45, 7) is 0. The van der Waals surface area contributed by atoms with Gasteiger partial charge in [0.2, 0.25) is 0 Å². The van der Waals surface area contributed by atoms with E-state index in [0.29, 0.717) is 27.1 Å². The Labute approximate surface area is 159 Å². The number of amides is 1. The van der Waals surface area contributed by atoms with E-state index in [4.69, 9.17) is 28.5 Å². The van der Waals surface area contributed by atoms with Gasteiger partial charge in [-0.2, -0.15) is 5.26 Å². The molecule has 0 atom stereocenters. The molecule has 6 nitrogen and oxygen atoms in total. The van der Waals surface area contributed by atoms with Crippen LogP contribution < -0.4 is 10.6 Å². The SMILES string of the molecule is N#Cc1ccc(Nc2cc(C(=O)Nc3cc(Cl)ccc3Cl)ncn2)cc1. The topological polar surface area (TPSA) is 90.7 Å². The second kappa shape index (κ2) is 7.83. The van der Waals surface area contributed by atoms with Crippen LogP contribution in [0.3, 0.4) is 0 Å². The highest BCUT2D eigenvalue weighted by Crippen LogP contribution is 2.26. The summed E-state index contributed by atoms with van der Waals surface area (Å²) in [6.07, 6.45) is 1.28. The second-order valence-corrected chi connectivity index (χ2v) is 6.02. The van der Waals surface area contributed by atoms with Crippen LogP contribution in [0.4, 0.5) is 17.2 Å². The monoisotopic (exact) mass is 383 g/mol. The second-order valence-electron chi connectivity index (χ2n) is 5.18. The molecule has 2 N–H and O–H groups in total. The van der Waals surface area contributed by atoms with Crippen molar-refractivity contribution >= 4 is 46.3 Å². The fourth-order valence-corrected chi connectivity index (χ4v) is 2.44. The van der Waals surface area contributed by atoms with Crippen molar-refractivity contribution in [2.75, 3.05) is 10.6 Å². The molecule has 3 aromatic rings. The van der Waals surface area contributed by atoms with Gasteiger partial charge >= 0.3 is 0 Å². The minimum absolute atomic E-state index is 0.159. The third kappa shape index (κ3) is 4.28. The Hall–Kier alpha value is -3.14. The summed E-state index contributed by atoms with van der Waals surface area (Å²) >= 11 is 12.0. The predicted molar refractivity (Wildman–Crippen MR) is 101 cm³/mol. The summed E-state index contributed by atoms with van der Waals surface area (Å²) < 4.78 is 0. The zero-order chi connectivity index (χ0) is 18.5. The fourth-order valence-electron chi connectivity index (χ4n) is 2.11.